The van der Waals surface area contributed by atoms with Crippen LogP contribution in [0, 0.1) is 11.3 Å². The number of ether oxygens (including phenoxy) is 1. The summed E-state index contributed by atoms with van der Waals surface area (Å²) in [4.78, 5) is 31.2. The van der Waals surface area contributed by atoms with E-state index in [9.17, 15) is 9.59 Å². The zero-order valence-electron chi connectivity index (χ0n) is 15.0. The Kier molecular flexibility index (Phi) is 3.23. The lowest BCUT2D eigenvalue weighted by molar-refractivity contribution is -0.176. The van der Waals surface area contributed by atoms with Gasteiger partial charge in [0.05, 0.1) is 13.2 Å². The molecule has 3 unspecified atom stereocenters. The van der Waals surface area contributed by atoms with Crippen LogP contribution >= 0.6 is 0 Å². The number of methoxy groups -OCH3 is 1. The number of nitrogens with one attached hydrogen (secondary N) is 1. The molecular formula is C21H22N2O3. The summed E-state index contributed by atoms with van der Waals surface area (Å²) in [7, 11) is 1.39. The lowest BCUT2D eigenvalue weighted by Gasteiger charge is -2.61. The number of aldehydes is 1. The van der Waals surface area contributed by atoms with Gasteiger partial charge in [-0.3, -0.25) is 9.69 Å². The van der Waals surface area contributed by atoms with Gasteiger partial charge in [0.2, 0.25) is 0 Å². The summed E-state index contributed by atoms with van der Waals surface area (Å²) in [5.74, 6) is -0.481. The van der Waals surface area contributed by atoms with Crippen molar-refractivity contribution in [3.63, 3.8) is 0 Å². The Labute approximate surface area is 152 Å². The number of esters is 1. The van der Waals surface area contributed by atoms with Crippen molar-refractivity contribution in [1.82, 2.24) is 9.88 Å². The molecule has 4 aliphatic rings. The third kappa shape index (κ3) is 1.69. The number of piperidine rings is 3. The van der Waals surface area contributed by atoms with Gasteiger partial charge in [-0.25, -0.2) is 0 Å². The van der Waals surface area contributed by atoms with Crippen molar-refractivity contribution in [2.24, 2.45) is 11.3 Å². The first-order valence-electron chi connectivity index (χ1n) is 9.20. The molecule has 5 heteroatoms. The number of nitrogens with zero attached hydrogens (tertiary/aromatic N) is 1. The molecule has 0 aliphatic carbocycles. The van der Waals surface area contributed by atoms with Crippen LogP contribution in [0.3, 0.4) is 0 Å². The molecule has 134 valence electrons. The van der Waals surface area contributed by atoms with Crippen LogP contribution in [0.25, 0.3) is 10.9 Å². The molecule has 0 amide bonds. The molecule has 5 heterocycles. The Morgan fingerprint density at radius 1 is 1.38 bits per heavy atom. The number of fused-ring (bicyclic) bond motifs is 4. The number of carbonyl (C=O) groups is 2. The Hall–Kier alpha value is -2.40. The number of allylic oxidation sites excluding steroid dienone is 1. The fourth-order valence-electron chi connectivity index (χ4n) is 5.72. The van der Waals surface area contributed by atoms with E-state index in [1.807, 2.05) is 19.1 Å². The van der Waals surface area contributed by atoms with Crippen LogP contribution in [0.1, 0.15) is 30.6 Å². The van der Waals surface area contributed by atoms with Gasteiger partial charge in [0.15, 0.2) is 0 Å². The summed E-state index contributed by atoms with van der Waals surface area (Å²) in [6.07, 6.45) is 4.40. The average Bonchev–Trinajstić information content (AvgIpc) is 3.06. The van der Waals surface area contributed by atoms with Crippen molar-refractivity contribution in [2.75, 3.05) is 13.7 Å². The minimum atomic E-state index is -1.11. The maximum atomic E-state index is 12.9. The molecule has 4 bridgehead atoms. The monoisotopic (exact) mass is 350 g/mol. The van der Waals surface area contributed by atoms with Gasteiger partial charge in [-0.15, -0.1) is 0 Å². The Morgan fingerprint density at radius 3 is 2.92 bits per heavy atom. The average molecular weight is 350 g/mol. The molecule has 1 N–H and O–H groups in total. The number of aromatic nitrogens is 1. The number of rotatable bonds is 2. The van der Waals surface area contributed by atoms with Crippen molar-refractivity contribution in [3.8, 4) is 0 Å². The molecule has 1 aromatic heterocycles. The first kappa shape index (κ1) is 15.8. The summed E-state index contributed by atoms with van der Waals surface area (Å²) in [5, 5.41) is 1.20. The van der Waals surface area contributed by atoms with Gasteiger partial charge in [-0.05, 0) is 31.4 Å². The largest absolute Gasteiger partial charge is 0.468 e. The maximum absolute atomic E-state index is 12.9. The second kappa shape index (κ2) is 5.30. The first-order valence-corrected chi connectivity index (χ1v) is 9.20. The smallest absolute Gasteiger partial charge is 0.321 e. The van der Waals surface area contributed by atoms with Crippen LogP contribution in [-0.4, -0.2) is 41.8 Å². The van der Waals surface area contributed by atoms with Gasteiger partial charge >= 0.3 is 5.97 Å². The zero-order chi connectivity index (χ0) is 18.1. The van der Waals surface area contributed by atoms with Crippen molar-refractivity contribution < 1.29 is 14.3 Å². The van der Waals surface area contributed by atoms with Crippen LogP contribution in [0.4, 0.5) is 0 Å². The number of benzene rings is 1. The highest BCUT2D eigenvalue weighted by Gasteiger charge is 2.65. The molecule has 3 fully saturated rings. The normalized spacial score (nSPS) is 36.2. The lowest BCUT2D eigenvalue weighted by atomic mass is 9.55. The van der Waals surface area contributed by atoms with E-state index >= 15 is 0 Å². The van der Waals surface area contributed by atoms with Crippen molar-refractivity contribution in [1.29, 1.82) is 0 Å². The Balaban J connectivity index is 1.74. The van der Waals surface area contributed by atoms with Gasteiger partial charge < -0.3 is 14.5 Å². The summed E-state index contributed by atoms with van der Waals surface area (Å²) in [6.45, 7) is 2.81. The van der Waals surface area contributed by atoms with Crippen LogP contribution in [0.2, 0.25) is 0 Å². The van der Waals surface area contributed by atoms with Gasteiger partial charge in [0, 0.05) is 35.1 Å². The number of carbonyl (C=O) groups excluding carboxylic acids is 2. The van der Waals surface area contributed by atoms with E-state index in [2.05, 4.69) is 28.1 Å². The Bertz CT molecular complexity index is 959. The molecular weight excluding hydrogens is 328 g/mol. The molecule has 0 radical (unpaired) electrons. The van der Waals surface area contributed by atoms with E-state index in [4.69, 9.17) is 4.74 Å². The second-order valence-electron chi connectivity index (χ2n) is 7.67. The van der Waals surface area contributed by atoms with Gasteiger partial charge in [0.1, 0.15) is 11.7 Å². The van der Waals surface area contributed by atoms with Crippen LogP contribution < -0.4 is 0 Å². The number of aromatic amines is 1. The molecule has 2 aromatic rings. The standard InChI is InChI=1S/C21H22N2O3/c1-3-12-10-23-17-9-15(12)21(11-24,20(25)26-2)18(23)8-14-13-6-4-5-7-16(13)22-19(14)17/h3-7,11,15,17-18,22H,8-10H2,1-2H3/b12-3+/t15-,17-,18?,21?/m0/s1. The zero-order valence-corrected chi connectivity index (χ0v) is 15.0. The third-order valence-corrected chi connectivity index (χ3v) is 6.88. The topological polar surface area (TPSA) is 62.4 Å². The predicted octanol–water partition coefficient (Wildman–Crippen LogP) is 2.77. The number of hydrogen-bond donors (Lipinski definition) is 1. The highest BCUT2D eigenvalue weighted by molar-refractivity contribution is 5.96. The summed E-state index contributed by atoms with van der Waals surface area (Å²) >= 11 is 0. The van der Waals surface area contributed by atoms with Gasteiger partial charge in [-0.2, -0.15) is 0 Å². The van der Waals surface area contributed by atoms with E-state index < -0.39 is 11.4 Å². The number of H-pyrrole nitrogens is 1. The van der Waals surface area contributed by atoms with Crippen LogP contribution in [-0.2, 0) is 20.7 Å². The number of hydrogen-bond acceptors (Lipinski definition) is 4. The predicted molar refractivity (Wildman–Crippen MR) is 97.6 cm³/mol. The summed E-state index contributed by atoms with van der Waals surface area (Å²) in [6, 6.07) is 8.37. The van der Waals surface area contributed by atoms with E-state index in [0.29, 0.717) is 6.42 Å². The molecule has 5 nitrogen and oxygen atoms in total. The quantitative estimate of drug-likeness (QED) is 0.392. The third-order valence-electron chi connectivity index (χ3n) is 6.88. The van der Waals surface area contributed by atoms with E-state index in [1.54, 1.807) is 0 Å². The Morgan fingerprint density at radius 2 is 2.19 bits per heavy atom. The van der Waals surface area contributed by atoms with Crippen molar-refractivity contribution in [3.05, 3.63) is 47.2 Å². The number of para-hydroxylation sites is 1. The minimum absolute atomic E-state index is 0.0861. The highest BCUT2D eigenvalue weighted by atomic mass is 16.5. The molecule has 3 saturated heterocycles. The molecule has 0 spiro atoms. The summed E-state index contributed by atoms with van der Waals surface area (Å²) in [5.41, 5.74) is 3.70. The van der Waals surface area contributed by atoms with Crippen molar-refractivity contribution in [2.45, 2.75) is 31.8 Å². The van der Waals surface area contributed by atoms with E-state index in [0.717, 1.165) is 24.8 Å². The second-order valence-corrected chi connectivity index (χ2v) is 7.67. The fraction of sp³-hybridized carbons (Fsp3) is 0.429. The van der Waals surface area contributed by atoms with E-state index in [-0.39, 0.29) is 18.0 Å². The lowest BCUT2D eigenvalue weighted by Crippen LogP contribution is -2.69. The van der Waals surface area contributed by atoms with Crippen LogP contribution in [0.15, 0.2) is 35.9 Å². The molecule has 6 rings (SSSR count). The molecule has 0 saturated carbocycles. The minimum Gasteiger partial charge on any atom is -0.468 e. The summed E-state index contributed by atoms with van der Waals surface area (Å²) < 4.78 is 5.15. The molecule has 26 heavy (non-hydrogen) atoms. The first-order chi connectivity index (χ1) is 12.7. The van der Waals surface area contributed by atoms with Crippen molar-refractivity contribution >= 4 is 23.2 Å². The molecule has 1 aromatic carbocycles. The van der Waals surface area contributed by atoms with Crippen LogP contribution in [0.5, 0.6) is 0 Å². The van der Waals surface area contributed by atoms with Gasteiger partial charge in [0.25, 0.3) is 0 Å². The van der Waals surface area contributed by atoms with Gasteiger partial charge in [-0.1, -0.05) is 29.8 Å². The molecule has 4 aliphatic heterocycles. The van der Waals surface area contributed by atoms with E-state index in [1.165, 1.54) is 29.3 Å². The highest BCUT2D eigenvalue weighted by Crippen LogP contribution is 2.59. The molecule has 5 atom stereocenters. The fourth-order valence-corrected chi connectivity index (χ4v) is 5.72. The SMILES string of the molecule is C/C=C1\CN2C3Cc4c([nH]c5ccccc45)[C@@H]2C[C@@H]1C3(C=O)C(=O)OC. The maximum Gasteiger partial charge on any atom is 0.321 e.